The molecule has 1 aliphatic rings. The molecule has 4 N–H and O–H groups in total. The van der Waals surface area contributed by atoms with E-state index in [0.29, 0.717) is 32.5 Å². The summed E-state index contributed by atoms with van der Waals surface area (Å²) in [6.45, 7) is 14.9. The van der Waals surface area contributed by atoms with E-state index in [1.165, 1.54) is 12.0 Å². The minimum absolute atomic E-state index is 0.0497. The maximum atomic E-state index is 14.4. The number of urea groups is 1. The van der Waals surface area contributed by atoms with Crippen molar-refractivity contribution < 1.29 is 29.0 Å². The van der Waals surface area contributed by atoms with Gasteiger partial charge in [0.15, 0.2) is 0 Å². The predicted octanol–water partition coefficient (Wildman–Crippen LogP) is 5.06. The molecule has 0 saturated carbocycles. The molecule has 1 saturated heterocycles. The van der Waals surface area contributed by atoms with E-state index in [4.69, 9.17) is 4.74 Å². The van der Waals surface area contributed by atoms with E-state index in [1.807, 2.05) is 102 Å². The SMILES string of the molecule is CCc1ccc(CN(C[C@H](O)[C@H](Cc2ccccc2)NC(=O)[C@H]([C@@H](C)CC)N2CCN(Cc3cccc(C)n3)C2=O)NC(=O)[C@@H](NC(=O)OC)C(C)(C)C)s1. The second kappa shape index (κ2) is 19.9. The number of aliphatic hydroxyl groups is 1. The first-order chi connectivity index (χ1) is 26.1. The van der Waals surface area contributed by atoms with Gasteiger partial charge < -0.3 is 30.3 Å². The Balaban J connectivity index is 1.60. The topological polar surface area (TPSA) is 156 Å². The highest BCUT2D eigenvalue weighted by Gasteiger charge is 2.41. The van der Waals surface area contributed by atoms with E-state index in [-0.39, 0.29) is 30.9 Å². The number of aryl methyl sites for hydroxylation is 2. The minimum Gasteiger partial charge on any atom is -0.453 e. The molecule has 1 fully saturated rings. The molecule has 0 unspecified atom stereocenters. The average molecular weight is 778 g/mol. The van der Waals surface area contributed by atoms with Gasteiger partial charge in [-0.3, -0.25) is 20.0 Å². The van der Waals surface area contributed by atoms with Gasteiger partial charge in [-0.25, -0.2) is 14.6 Å². The number of alkyl carbamates (subject to hydrolysis) is 1. The number of aromatic nitrogens is 1. The maximum Gasteiger partial charge on any atom is 0.407 e. The van der Waals surface area contributed by atoms with Gasteiger partial charge in [0.2, 0.25) is 5.91 Å². The summed E-state index contributed by atoms with van der Waals surface area (Å²) >= 11 is 1.61. The van der Waals surface area contributed by atoms with Gasteiger partial charge in [-0.1, -0.05) is 84.4 Å². The third-order valence-electron chi connectivity index (χ3n) is 9.97. The van der Waals surface area contributed by atoms with E-state index < -0.39 is 41.6 Å². The molecule has 3 heterocycles. The standard InChI is InChI=1S/C41H59N7O6S/c1-9-27(3)35(48-22-21-46(40(48)53)24-30-18-14-15-28(4)42-30)37(50)43-33(23-29-16-12-11-13-17-29)34(49)26-47(25-32-20-19-31(10-2)55-32)45-38(51)36(41(5,6)7)44-39(52)54-8/h11-20,27,33-36,49H,9-10,21-26H2,1-8H3,(H,43,50)(H,44,52)(H,45,51)/t27-,33-,34-,35-,36+/m0/s1. The molecule has 55 heavy (non-hydrogen) atoms. The van der Waals surface area contributed by atoms with Crippen molar-refractivity contribution in [3.63, 3.8) is 0 Å². The number of hydrogen-bond acceptors (Lipinski definition) is 9. The lowest BCUT2D eigenvalue weighted by Gasteiger charge is -2.36. The number of hydrazine groups is 1. The zero-order valence-corrected chi connectivity index (χ0v) is 34.3. The molecule has 0 aliphatic carbocycles. The molecule has 5 amide bonds. The first-order valence-electron chi connectivity index (χ1n) is 19.1. The maximum absolute atomic E-state index is 14.4. The molecule has 2 aromatic heterocycles. The Labute approximate surface area is 329 Å². The lowest BCUT2D eigenvalue weighted by atomic mass is 9.86. The molecule has 0 bridgehead atoms. The van der Waals surface area contributed by atoms with Crippen LogP contribution in [0.3, 0.4) is 0 Å². The number of carbonyl (C=O) groups excluding carboxylic acids is 4. The van der Waals surface area contributed by atoms with Gasteiger partial charge in [-0.2, -0.15) is 0 Å². The molecule has 3 aromatic rings. The fourth-order valence-corrected chi connectivity index (χ4v) is 7.67. The molecule has 1 aliphatic heterocycles. The molecule has 4 rings (SSSR count). The highest BCUT2D eigenvalue weighted by molar-refractivity contribution is 7.11. The predicted molar refractivity (Wildman–Crippen MR) is 214 cm³/mol. The van der Waals surface area contributed by atoms with E-state index in [9.17, 15) is 24.3 Å². The summed E-state index contributed by atoms with van der Waals surface area (Å²) in [4.78, 5) is 64.4. The van der Waals surface area contributed by atoms with Crippen LogP contribution in [0, 0.1) is 18.3 Å². The van der Waals surface area contributed by atoms with Crippen LogP contribution in [0.1, 0.15) is 74.7 Å². The second-order valence-electron chi connectivity index (χ2n) is 15.4. The summed E-state index contributed by atoms with van der Waals surface area (Å²) in [5, 5.41) is 19.5. The first-order valence-corrected chi connectivity index (χ1v) is 19.9. The van der Waals surface area contributed by atoms with Crippen molar-refractivity contribution >= 4 is 35.3 Å². The van der Waals surface area contributed by atoms with Crippen LogP contribution < -0.4 is 16.1 Å². The molecule has 0 radical (unpaired) electrons. The smallest absolute Gasteiger partial charge is 0.407 e. The van der Waals surface area contributed by atoms with Crippen LogP contribution in [0.4, 0.5) is 9.59 Å². The van der Waals surface area contributed by atoms with Crippen molar-refractivity contribution in [1.82, 2.24) is 35.9 Å². The number of benzene rings is 1. The fourth-order valence-electron chi connectivity index (χ4n) is 6.70. The van der Waals surface area contributed by atoms with Crippen LogP contribution in [0.15, 0.2) is 60.7 Å². The summed E-state index contributed by atoms with van der Waals surface area (Å²) in [6, 6.07) is 16.6. The number of amides is 5. The number of pyridine rings is 1. The molecule has 5 atom stereocenters. The quantitative estimate of drug-likeness (QED) is 0.131. The van der Waals surface area contributed by atoms with E-state index in [0.717, 1.165) is 28.2 Å². The zero-order valence-electron chi connectivity index (χ0n) is 33.5. The summed E-state index contributed by atoms with van der Waals surface area (Å²) in [5.74, 6) is -1.000. The lowest BCUT2D eigenvalue weighted by Crippen LogP contribution is -2.60. The largest absolute Gasteiger partial charge is 0.453 e. The van der Waals surface area contributed by atoms with Gasteiger partial charge >= 0.3 is 12.1 Å². The number of hydrogen-bond donors (Lipinski definition) is 4. The zero-order chi connectivity index (χ0) is 40.3. The van der Waals surface area contributed by atoms with Gasteiger partial charge in [-0.05, 0) is 60.9 Å². The van der Waals surface area contributed by atoms with Crippen LogP contribution in [0.5, 0.6) is 0 Å². The summed E-state index contributed by atoms with van der Waals surface area (Å²) in [5.41, 5.74) is 4.83. The lowest BCUT2D eigenvalue weighted by molar-refractivity contribution is -0.132. The Bertz CT molecular complexity index is 1730. The Morgan fingerprint density at radius 3 is 2.31 bits per heavy atom. The molecule has 0 spiro atoms. The van der Waals surface area contributed by atoms with Gasteiger partial charge in [0.05, 0.1) is 38.0 Å². The number of methoxy groups -OCH3 is 1. The minimum atomic E-state index is -1.16. The van der Waals surface area contributed by atoms with Crippen LogP contribution in [-0.4, -0.2) is 99.8 Å². The number of thiophene rings is 1. The fraction of sp³-hybridized carbons (Fsp3) is 0.537. The van der Waals surface area contributed by atoms with Crippen molar-refractivity contribution in [3.05, 3.63) is 87.4 Å². The molecular formula is C41H59N7O6S. The van der Waals surface area contributed by atoms with Crippen LogP contribution in [0.2, 0.25) is 0 Å². The van der Waals surface area contributed by atoms with Crippen LogP contribution in [0.25, 0.3) is 0 Å². The Hall–Kier alpha value is -4.53. The molecule has 1 aromatic carbocycles. The third-order valence-corrected chi connectivity index (χ3v) is 11.2. The number of aliphatic hydroxyl groups excluding tert-OH is 1. The van der Waals surface area contributed by atoms with Crippen molar-refractivity contribution in [3.8, 4) is 0 Å². The van der Waals surface area contributed by atoms with Gasteiger partial charge in [0, 0.05) is 35.1 Å². The van der Waals surface area contributed by atoms with Gasteiger partial charge in [0.1, 0.15) is 12.1 Å². The van der Waals surface area contributed by atoms with Crippen LogP contribution >= 0.6 is 11.3 Å². The van der Waals surface area contributed by atoms with Crippen molar-refractivity contribution in [2.24, 2.45) is 11.3 Å². The Morgan fingerprint density at radius 1 is 0.982 bits per heavy atom. The number of ether oxygens (including phenoxy) is 1. The second-order valence-corrected chi connectivity index (χ2v) is 16.6. The van der Waals surface area contributed by atoms with Crippen molar-refractivity contribution in [1.29, 1.82) is 0 Å². The van der Waals surface area contributed by atoms with Gasteiger partial charge in [-0.15, -0.1) is 11.3 Å². The van der Waals surface area contributed by atoms with E-state index >= 15 is 0 Å². The summed E-state index contributed by atoms with van der Waals surface area (Å²) < 4.78 is 4.80. The molecule has 300 valence electrons. The van der Waals surface area contributed by atoms with E-state index in [2.05, 4.69) is 28.0 Å². The number of rotatable bonds is 18. The average Bonchev–Trinajstić information content (AvgIpc) is 3.75. The van der Waals surface area contributed by atoms with E-state index in [1.54, 1.807) is 26.1 Å². The highest BCUT2D eigenvalue weighted by Crippen LogP contribution is 2.24. The number of nitrogens with one attached hydrogen (secondary N) is 3. The summed E-state index contributed by atoms with van der Waals surface area (Å²) in [7, 11) is 1.24. The Morgan fingerprint density at radius 2 is 1.69 bits per heavy atom. The molecule has 14 heteroatoms. The normalized spacial score (nSPS) is 16.0. The molecule has 13 nitrogen and oxygen atoms in total. The van der Waals surface area contributed by atoms with Crippen LogP contribution in [-0.2, 0) is 40.3 Å². The highest BCUT2D eigenvalue weighted by atomic mass is 32.1. The van der Waals surface area contributed by atoms with Crippen molar-refractivity contribution in [2.45, 2.75) is 105 Å². The first kappa shape index (κ1) is 43.2. The number of carbonyl (C=O) groups is 4. The third kappa shape index (κ3) is 12.2. The Kier molecular flexibility index (Phi) is 15.6. The van der Waals surface area contributed by atoms with Crippen molar-refractivity contribution in [2.75, 3.05) is 26.7 Å². The summed E-state index contributed by atoms with van der Waals surface area (Å²) in [6.07, 6.45) is -0.0811. The number of nitrogens with zero attached hydrogens (tertiary/aromatic N) is 4. The monoisotopic (exact) mass is 777 g/mol. The molecular weight excluding hydrogens is 719 g/mol. The van der Waals surface area contributed by atoms with Gasteiger partial charge in [0.25, 0.3) is 5.91 Å².